The average Bonchev–Trinajstić information content (AvgIpc) is 3.05. The molecule has 2 aromatic rings. The number of nitrogens with zero attached hydrogens (tertiary/aromatic N) is 3. The van der Waals surface area contributed by atoms with Crippen LogP contribution in [0.25, 0.3) is 0 Å². The van der Waals surface area contributed by atoms with Crippen molar-refractivity contribution in [2.45, 2.75) is 80.6 Å². The highest BCUT2D eigenvalue weighted by Crippen LogP contribution is 2.30. The van der Waals surface area contributed by atoms with Gasteiger partial charge in [-0.25, -0.2) is 14.6 Å². The van der Waals surface area contributed by atoms with Crippen LogP contribution in [0.5, 0.6) is 0 Å². The first-order valence-corrected chi connectivity index (χ1v) is 16.9. The van der Waals surface area contributed by atoms with Gasteiger partial charge in [0.05, 0.1) is 11.4 Å². The number of nitrogens with one attached hydrogen (secondary N) is 2. The van der Waals surface area contributed by atoms with Gasteiger partial charge in [0.15, 0.2) is 0 Å². The molecule has 3 amide bonds. The van der Waals surface area contributed by atoms with Crippen LogP contribution in [0.15, 0.2) is 73.1 Å². The number of pyridine rings is 1. The third kappa shape index (κ3) is 14.2. The lowest BCUT2D eigenvalue weighted by Gasteiger charge is -2.30. The number of anilines is 3. The van der Waals surface area contributed by atoms with Crippen molar-refractivity contribution in [3.63, 3.8) is 0 Å². The van der Waals surface area contributed by atoms with Crippen molar-refractivity contribution in [3.8, 4) is 0 Å². The first kappa shape index (κ1) is 41.0. The van der Waals surface area contributed by atoms with Gasteiger partial charge >= 0.3 is 24.1 Å². The molecule has 1 heterocycles. The van der Waals surface area contributed by atoms with Crippen LogP contribution in [0.4, 0.5) is 26.8 Å². The second-order valence-corrected chi connectivity index (χ2v) is 12.5. The van der Waals surface area contributed by atoms with Gasteiger partial charge in [0, 0.05) is 57.4 Å². The zero-order valence-electron chi connectivity index (χ0n) is 30.7. The van der Waals surface area contributed by atoms with Crippen molar-refractivity contribution in [3.05, 3.63) is 84.2 Å². The summed E-state index contributed by atoms with van der Waals surface area (Å²) in [4.78, 5) is 58.0. The summed E-state index contributed by atoms with van der Waals surface area (Å²) in [5.74, 6) is 0.0647. The molecule has 12 nitrogen and oxygen atoms in total. The molecule has 0 bridgehead atoms. The number of hydrogen-bond acceptors (Lipinski definition) is 9. The minimum absolute atomic E-state index is 0.00508. The number of amides is 3. The Morgan fingerprint density at radius 1 is 1.00 bits per heavy atom. The highest BCUT2D eigenvalue weighted by Gasteiger charge is 2.22. The molecule has 0 radical (unpaired) electrons. The summed E-state index contributed by atoms with van der Waals surface area (Å²) in [6.07, 6.45) is 6.95. The quantitative estimate of drug-likeness (QED) is 0.0923. The fourth-order valence-electron chi connectivity index (χ4n) is 4.92. The normalized spacial score (nSPS) is 12.0. The number of allylic oxidation sites excluding steroid dienone is 4. The lowest BCUT2D eigenvalue weighted by Crippen LogP contribution is -2.33. The molecule has 0 aliphatic rings. The Balaban J connectivity index is 2.14. The van der Waals surface area contributed by atoms with Crippen molar-refractivity contribution in [2.75, 3.05) is 35.3 Å². The number of benzene rings is 1. The molecule has 0 aliphatic heterocycles. The predicted molar refractivity (Wildman–Crippen MR) is 197 cm³/mol. The Kier molecular flexibility index (Phi) is 17.3. The van der Waals surface area contributed by atoms with Gasteiger partial charge in [0.2, 0.25) is 6.29 Å². The second-order valence-electron chi connectivity index (χ2n) is 12.5. The van der Waals surface area contributed by atoms with Crippen molar-refractivity contribution in [2.24, 2.45) is 11.8 Å². The fourth-order valence-corrected chi connectivity index (χ4v) is 4.92. The number of hydrogen-bond donors (Lipinski definition) is 2. The van der Waals surface area contributed by atoms with E-state index < -0.39 is 24.4 Å². The molecule has 1 unspecified atom stereocenters. The number of aryl methyl sites for hydroxylation is 1. The van der Waals surface area contributed by atoms with Gasteiger partial charge in [0.25, 0.3) is 0 Å². The Hall–Kier alpha value is -5.13. The van der Waals surface area contributed by atoms with Gasteiger partial charge in [-0.15, -0.1) is 0 Å². The summed E-state index contributed by atoms with van der Waals surface area (Å²) in [6.45, 7) is 18.8. The Morgan fingerprint density at radius 2 is 1.70 bits per heavy atom. The SMILES string of the molecule is C=C/C=C(\C=C/C)NC(=O)Nc1cc(CCC(=O)OC(C)OC(=O)N(C)c2ncccc2COC(=O)CC)ccc1N(CC(C)C)CC(C)C. The highest BCUT2D eigenvalue weighted by molar-refractivity contribution is 5.94. The number of carbonyl (C=O) groups is 4. The molecule has 0 fully saturated rings. The van der Waals surface area contributed by atoms with Crippen LogP contribution in [0.2, 0.25) is 0 Å². The molecule has 2 N–H and O–H groups in total. The van der Waals surface area contributed by atoms with Crippen LogP contribution in [0.1, 0.15) is 72.4 Å². The molecule has 1 aromatic heterocycles. The Bertz CT molecular complexity index is 1510. The van der Waals surface area contributed by atoms with E-state index in [2.05, 4.69) is 54.8 Å². The van der Waals surface area contributed by atoms with Gasteiger partial charge in [-0.1, -0.05) is 65.5 Å². The summed E-state index contributed by atoms with van der Waals surface area (Å²) in [5, 5.41) is 5.85. The number of aromatic nitrogens is 1. The van der Waals surface area contributed by atoms with Crippen molar-refractivity contribution in [1.29, 1.82) is 0 Å². The zero-order chi connectivity index (χ0) is 37.2. The third-order valence-corrected chi connectivity index (χ3v) is 7.04. The predicted octanol–water partition coefficient (Wildman–Crippen LogP) is 7.52. The maximum absolute atomic E-state index is 13.1. The number of rotatable bonds is 18. The molecule has 0 spiro atoms. The monoisotopic (exact) mass is 691 g/mol. The molecule has 12 heteroatoms. The van der Waals surface area contributed by atoms with Crippen LogP contribution in [-0.2, 0) is 36.8 Å². The second kappa shape index (κ2) is 21.1. The lowest BCUT2D eigenvalue weighted by molar-refractivity contribution is -0.164. The molecular formula is C38H53N5O7. The third-order valence-electron chi connectivity index (χ3n) is 7.04. The lowest BCUT2D eigenvalue weighted by atomic mass is 10.1. The molecular weight excluding hydrogens is 638 g/mol. The van der Waals surface area contributed by atoms with Crippen LogP contribution in [0, 0.1) is 11.8 Å². The minimum atomic E-state index is -1.18. The van der Waals surface area contributed by atoms with Crippen LogP contribution in [0.3, 0.4) is 0 Å². The van der Waals surface area contributed by atoms with Crippen molar-refractivity contribution < 1.29 is 33.4 Å². The standard InChI is InChI=1S/C38H53N5O7/c1-10-14-31(15-11-2)40-37(46)41-32-22-29(17-19-33(32)43(23-26(4)5)24-27(6)7)18-20-35(45)49-28(8)50-38(47)42(9)36-30(16-13-21-39-36)25-48-34(44)12-3/h10-11,13-17,19,21-22,26-28H,1,12,18,20,23-25H2,2-9H3,(H2,40,41,46)/b15-11-,31-14+. The van der Waals surface area contributed by atoms with E-state index in [0.29, 0.717) is 35.2 Å². The molecule has 272 valence electrons. The molecule has 0 saturated heterocycles. The maximum Gasteiger partial charge on any atom is 0.418 e. The van der Waals surface area contributed by atoms with Gasteiger partial charge < -0.3 is 29.7 Å². The van der Waals surface area contributed by atoms with E-state index in [0.717, 1.165) is 29.2 Å². The molecule has 2 rings (SSSR count). The van der Waals surface area contributed by atoms with E-state index in [4.69, 9.17) is 14.2 Å². The first-order chi connectivity index (χ1) is 23.8. The highest BCUT2D eigenvalue weighted by atomic mass is 16.7. The smallest absolute Gasteiger partial charge is 0.418 e. The van der Waals surface area contributed by atoms with E-state index in [9.17, 15) is 19.2 Å². The maximum atomic E-state index is 13.1. The molecule has 50 heavy (non-hydrogen) atoms. The zero-order valence-corrected chi connectivity index (χ0v) is 30.7. The molecule has 0 saturated carbocycles. The summed E-state index contributed by atoms with van der Waals surface area (Å²) >= 11 is 0. The number of esters is 2. The number of ether oxygens (including phenoxy) is 3. The van der Waals surface area contributed by atoms with Crippen LogP contribution < -0.4 is 20.4 Å². The van der Waals surface area contributed by atoms with E-state index >= 15 is 0 Å². The van der Waals surface area contributed by atoms with Crippen molar-refractivity contribution in [1.82, 2.24) is 10.3 Å². The average molecular weight is 692 g/mol. The topological polar surface area (TPSA) is 139 Å². The van der Waals surface area contributed by atoms with E-state index in [1.54, 1.807) is 37.3 Å². The van der Waals surface area contributed by atoms with Crippen LogP contribution >= 0.6 is 0 Å². The van der Waals surface area contributed by atoms with E-state index in [1.807, 2.05) is 31.2 Å². The number of carbonyl (C=O) groups excluding carboxylic acids is 4. The number of urea groups is 1. The molecule has 1 atom stereocenters. The van der Waals surface area contributed by atoms with Gasteiger partial charge in [0.1, 0.15) is 12.4 Å². The van der Waals surface area contributed by atoms with E-state index in [1.165, 1.54) is 20.2 Å². The summed E-state index contributed by atoms with van der Waals surface area (Å²) < 4.78 is 15.9. The van der Waals surface area contributed by atoms with Gasteiger partial charge in [-0.05, 0) is 61.1 Å². The van der Waals surface area contributed by atoms with E-state index in [-0.39, 0.29) is 31.2 Å². The summed E-state index contributed by atoms with van der Waals surface area (Å²) in [7, 11) is 1.46. The Morgan fingerprint density at radius 3 is 2.32 bits per heavy atom. The van der Waals surface area contributed by atoms with Crippen molar-refractivity contribution >= 4 is 41.3 Å². The Labute approximate surface area is 296 Å². The van der Waals surface area contributed by atoms with Gasteiger partial charge in [-0.3, -0.25) is 14.5 Å². The largest absolute Gasteiger partial charge is 0.461 e. The molecule has 0 aliphatic carbocycles. The fraction of sp³-hybridized carbons (Fsp3) is 0.447. The molecule has 1 aromatic carbocycles. The van der Waals surface area contributed by atoms with Gasteiger partial charge in [-0.2, -0.15) is 0 Å². The summed E-state index contributed by atoms with van der Waals surface area (Å²) in [6, 6.07) is 8.70. The summed E-state index contributed by atoms with van der Waals surface area (Å²) in [5.41, 5.74) is 3.38. The minimum Gasteiger partial charge on any atom is -0.461 e. The van der Waals surface area contributed by atoms with Crippen LogP contribution in [-0.4, -0.2) is 55.5 Å². The first-order valence-electron chi connectivity index (χ1n) is 16.9.